The Bertz CT molecular complexity index is 965. The molecular weight excluding hydrogens is 384 g/mol. The molecule has 0 aliphatic rings. The highest BCUT2D eigenvalue weighted by Gasteiger charge is 2.21. The SMILES string of the molecule is CCc1ccc(-c2nc(C(=O)OCC(=O)N(c3ccccc3)C(C)C)cs2)cc1. The number of ether oxygens (including phenoxy) is 1. The number of para-hydroxylation sites is 1. The van der Waals surface area contributed by atoms with Crippen molar-refractivity contribution in [2.75, 3.05) is 11.5 Å². The van der Waals surface area contributed by atoms with Crippen molar-refractivity contribution in [3.05, 3.63) is 71.2 Å². The summed E-state index contributed by atoms with van der Waals surface area (Å²) in [5.41, 5.74) is 3.19. The van der Waals surface area contributed by atoms with Gasteiger partial charge < -0.3 is 9.64 Å². The maximum Gasteiger partial charge on any atom is 0.358 e. The predicted octanol–water partition coefficient (Wildman–Crippen LogP) is 4.97. The van der Waals surface area contributed by atoms with Gasteiger partial charge in [-0.1, -0.05) is 49.4 Å². The summed E-state index contributed by atoms with van der Waals surface area (Å²) in [5.74, 6) is -0.868. The fourth-order valence-electron chi connectivity index (χ4n) is 2.97. The van der Waals surface area contributed by atoms with Crippen molar-refractivity contribution in [2.24, 2.45) is 0 Å². The first kappa shape index (κ1) is 20.7. The first-order valence-electron chi connectivity index (χ1n) is 9.58. The molecule has 0 aliphatic carbocycles. The lowest BCUT2D eigenvalue weighted by molar-refractivity contribution is -0.122. The first-order valence-corrected chi connectivity index (χ1v) is 10.5. The molecule has 1 amide bonds. The summed E-state index contributed by atoms with van der Waals surface area (Å²) in [6.07, 6.45) is 0.972. The van der Waals surface area contributed by atoms with E-state index < -0.39 is 5.97 Å². The van der Waals surface area contributed by atoms with Crippen LogP contribution in [0.4, 0.5) is 5.69 Å². The number of nitrogens with zero attached hydrogens (tertiary/aromatic N) is 2. The van der Waals surface area contributed by atoms with E-state index in [9.17, 15) is 9.59 Å². The Hall–Kier alpha value is -2.99. The van der Waals surface area contributed by atoms with Crippen LogP contribution in [0.25, 0.3) is 10.6 Å². The number of carbonyl (C=O) groups excluding carboxylic acids is 2. The van der Waals surface area contributed by atoms with Gasteiger partial charge in [0.05, 0.1) is 0 Å². The molecule has 0 saturated heterocycles. The minimum atomic E-state index is -0.595. The van der Waals surface area contributed by atoms with Gasteiger partial charge in [-0.15, -0.1) is 11.3 Å². The van der Waals surface area contributed by atoms with Gasteiger partial charge in [0, 0.05) is 22.7 Å². The van der Waals surface area contributed by atoms with E-state index in [0.29, 0.717) is 0 Å². The standard InChI is InChI=1S/C23H24N2O3S/c1-4-17-10-12-18(13-11-17)22-24-20(15-29-22)23(27)28-14-21(26)25(16(2)3)19-8-6-5-7-9-19/h5-13,15-16H,4,14H2,1-3H3. The number of hydrogen-bond donors (Lipinski definition) is 0. The predicted molar refractivity (Wildman–Crippen MR) is 116 cm³/mol. The molecule has 0 unspecified atom stereocenters. The summed E-state index contributed by atoms with van der Waals surface area (Å²) in [5, 5.41) is 2.41. The second-order valence-corrected chi connectivity index (χ2v) is 7.72. The lowest BCUT2D eigenvalue weighted by Gasteiger charge is -2.26. The number of aromatic nitrogens is 1. The number of aryl methyl sites for hydroxylation is 1. The number of anilines is 1. The summed E-state index contributed by atoms with van der Waals surface area (Å²) in [7, 11) is 0. The molecule has 0 bridgehead atoms. The highest BCUT2D eigenvalue weighted by atomic mass is 32.1. The highest BCUT2D eigenvalue weighted by molar-refractivity contribution is 7.13. The van der Waals surface area contributed by atoms with E-state index in [4.69, 9.17) is 4.74 Å². The molecule has 0 spiro atoms. The monoisotopic (exact) mass is 408 g/mol. The van der Waals surface area contributed by atoms with E-state index in [2.05, 4.69) is 24.0 Å². The van der Waals surface area contributed by atoms with Crippen molar-refractivity contribution >= 4 is 28.9 Å². The van der Waals surface area contributed by atoms with Gasteiger partial charge in [-0.2, -0.15) is 0 Å². The number of amides is 1. The third-order valence-electron chi connectivity index (χ3n) is 4.47. The van der Waals surface area contributed by atoms with Crippen LogP contribution in [0, 0.1) is 0 Å². The number of carbonyl (C=O) groups is 2. The minimum absolute atomic E-state index is 0.0550. The fourth-order valence-corrected chi connectivity index (χ4v) is 3.77. The number of hydrogen-bond acceptors (Lipinski definition) is 5. The van der Waals surface area contributed by atoms with Gasteiger partial charge in [0.1, 0.15) is 5.01 Å². The van der Waals surface area contributed by atoms with Crippen molar-refractivity contribution in [1.29, 1.82) is 0 Å². The number of esters is 1. The third-order valence-corrected chi connectivity index (χ3v) is 5.36. The molecule has 0 atom stereocenters. The van der Waals surface area contributed by atoms with Gasteiger partial charge in [0.25, 0.3) is 5.91 Å². The second kappa shape index (κ2) is 9.47. The van der Waals surface area contributed by atoms with Gasteiger partial charge >= 0.3 is 5.97 Å². The molecule has 29 heavy (non-hydrogen) atoms. The van der Waals surface area contributed by atoms with Crippen molar-refractivity contribution in [2.45, 2.75) is 33.2 Å². The molecule has 0 N–H and O–H groups in total. The molecule has 1 heterocycles. The van der Waals surface area contributed by atoms with E-state index in [1.165, 1.54) is 16.9 Å². The summed E-state index contributed by atoms with van der Waals surface area (Å²) >= 11 is 1.38. The zero-order chi connectivity index (χ0) is 20.8. The Labute approximate surface area is 175 Å². The Kier molecular flexibility index (Phi) is 6.77. The molecule has 0 saturated carbocycles. The quantitative estimate of drug-likeness (QED) is 0.518. The molecule has 150 valence electrons. The van der Waals surface area contributed by atoms with Gasteiger partial charge in [0.15, 0.2) is 12.3 Å². The van der Waals surface area contributed by atoms with Crippen molar-refractivity contribution in [3.8, 4) is 10.6 Å². The Morgan fingerprint density at radius 1 is 1.07 bits per heavy atom. The summed E-state index contributed by atoms with van der Waals surface area (Å²) in [4.78, 5) is 31.0. The maximum absolute atomic E-state index is 12.6. The smallest absolute Gasteiger partial charge is 0.358 e. The molecule has 2 aromatic carbocycles. The largest absolute Gasteiger partial charge is 0.451 e. The normalized spacial score (nSPS) is 10.8. The molecule has 0 aliphatic heterocycles. The van der Waals surface area contributed by atoms with Crippen LogP contribution in [0.1, 0.15) is 36.8 Å². The zero-order valence-corrected chi connectivity index (χ0v) is 17.6. The zero-order valence-electron chi connectivity index (χ0n) is 16.8. The van der Waals surface area contributed by atoms with E-state index in [1.54, 1.807) is 10.3 Å². The van der Waals surface area contributed by atoms with Gasteiger partial charge in [-0.3, -0.25) is 4.79 Å². The highest BCUT2D eigenvalue weighted by Crippen LogP contribution is 2.24. The average molecular weight is 409 g/mol. The molecule has 0 fully saturated rings. The minimum Gasteiger partial charge on any atom is -0.451 e. The Morgan fingerprint density at radius 3 is 2.38 bits per heavy atom. The van der Waals surface area contributed by atoms with E-state index in [0.717, 1.165) is 22.7 Å². The fraction of sp³-hybridized carbons (Fsp3) is 0.261. The van der Waals surface area contributed by atoms with Crippen molar-refractivity contribution in [1.82, 2.24) is 4.98 Å². The van der Waals surface area contributed by atoms with E-state index in [1.807, 2.05) is 56.3 Å². The number of benzene rings is 2. The molecular formula is C23H24N2O3S. The average Bonchev–Trinajstić information content (AvgIpc) is 3.23. The van der Waals surface area contributed by atoms with Crippen LogP contribution in [0.2, 0.25) is 0 Å². The lowest BCUT2D eigenvalue weighted by Crippen LogP contribution is -2.39. The second-order valence-electron chi connectivity index (χ2n) is 6.86. The van der Waals surface area contributed by atoms with Crippen molar-refractivity contribution in [3.63, 3.8) is 0 Å². The van der Waals surface area contributed by atoms with Gasteiger partial charge in [-0.25, -0.2) is 9.78 Å². The van der Waals surface area contributed by atoms with Crippen LogP contribution in [0.3, 0.4) is 0 Å². The van der Waals surface area contributed by atoms with Crippen LogP contribution in [0.15, 0.2) is 60.0 Å². The Morgan fingerprint density at radius 2 is 1.76 bits per heavy atom. The Balaban J connectivity index is 1.64. The van der Waals surface area contributed by atoms with Crippen LogP contribution < -0.4 is 4.90 Å². The molecule has 6 heteroatoms. The summed E-state index contributed by atoms with van der Waals surface area (Å²) in [6.45, 7) is 5.61. The van der Waals surface area contributed by atoms with Gasteiger partial charge in [0.2, 0.25) is 0 Å². The summed E-state index contributed by atoms with van der Waals surface area (Å²) < 4.78 is 5.24. The molecule has 0 radical (unpaired) electrons. The molecule has 3 aromatic rings. The van der Waals surface area contributed by atoms with Gasteiger partial charge in [-0.05, 0) is 38.0 Å². The van der Waals surface area contributed by atoms with E-state index >= 15 is 0 Å². The maximum atomic E-state index is 12.6. The number of thiazole rings is 1. The first-order chi connectivity index (χ1) is 14.0. The number of rotatable bonds is 7. The van der Waals surface area contributed by atoms with Crippen LogP contribution in [0.5, 0.6) is 0 Å². The lowest BCUT2D eigenvalue weighted by atomic mass is 10.1. The molecule has 1 aromatic heterocycles. The van der Waals surface area contributed by atoms with E-state index in [-0.39, 0.29) is 24.2 Å². The molecule has 5 nitrogen and oxygen atoms in total. The topological polar surface area (TPSA) is 59.5 Å². The van der Waals surface area contributed by atoms with Crippen LogP contribution in [-0.2, 0) is 16.0 Å². The summed E-state index contributed by atoms with van der Waals surface area (Å²) in [6, 6.07) is 17.4. The third kappa shape index (κ3) is 5.09. The molecule has 3 rings (SSSR count). The van der Waals surface area contributed by atoms with Crippen molar-refractivity contribution < 1.29 is 14.3 Å². The van der Waals surface area contributed by atoms with Crippen LogP contribution in [-0.4, -0.2) is 29.5 Å². The van der Waals surface area contributed by atoms with Crippen LogP contribution >= 0.6 is 11.3 Å².